The van der Waals surface area contributed by atoms with Crippen LogP contribution in [-0.2, 0) is 12.4 Å². The topological polar surface area (TPSA) is 30.7 Å². The predicted molar refractivity (Wildman–Crippen MR) is 56.2 cm³/mol. The van der Waals surface area contributed by atoms with E-state index in [1.807, 2.05) is 0 Å². The Morgan fingerprint density at radius 1 is 1.50 bits per heavy atom. The standard InChI is InChI=1S/C10H16ClN3/c1-10(4-2-3-5-10)7-14-8-12-13-9(14)6-11/h8H,2-7H2,1H3. The normalized spacial score (nSPS) is 20.1. The Labute approximate surface area is 89.5 Å². The highest BCUT2D eigenvalue weighted by molar-refractivity contribution is 6.16. The highest BCUT2D eigenvalue weighted by atomic mass is 35.5. The first-order chi connectivity index (χ1) is 6.73. The summed E-state index contributed by atoms with van der Waals surface area (Å²) < 4.78 is 2.10. The molecule has 0 radical (unpaired) electrons. The van der Waals surface area contributed by atoms with E-state index >= 15 is 0 Å². The molecule has 0 atom stereocenters. The molecule has 1 aromatic rings. The lowest BCUT2D eigenvalue weighted by Crippen LogP contribution is -2.20. The average Bonchev–Trinajstić information content (AvgIpc) is 2.75. The van der Waals surface area contributed by atoms with E-state index in [0.29, 0.717) is 11.3 Å². The molecule has 0 bridgehead atoms. The van der Waals surface area contributed by atoms with Gasteiger partial charge in [-0.1, -0.05) is 19.8 Å². The van der Waals surface area contributed by atoms with E-state index in [2.05, 4.69) is 21.7 Å². The molecule has 0 unspecified atom stereocenters. The minimum atomic E-state index is 0.434. The number of nitrogens with zero attached hydrogens (tertiary/aromatic N) is 3. The Balaban J connectivity index is 2.09. The van der Waals surface area contributed by atoms with Crippen molar-refractivity contribution in [2.45, 2.75) is 45.0 Å². The molecule has 0 N–H and O–H groups in total. The summed E-state index contributed by atoms with van der Waals surface area (Å²) in [5.74, 6) is 1.34. The molecule has 2 rings (SSSR count). The molecular formula is C10H16ClN3. The molecule has 78 valence electrons. The van der Waals surface area contributed by atoms with Crippen LogP contribution in [0, 0.1) is 5.41 Å². The fraction of sp³-hybridized carbons (Fsp3) is 0.800. The number of aromatic nitrogens is 3. The summed E-state index contributed by atoms with van der Waals surface area (Å²) in [6.45, 7) is 3.36. The van der Waals surface area contributed by atoms with E-state index in [9.17, 15) is 0 Å². The van der Waals surface area contributed by atoms with Gasteiger partial charge in [-0.25, -0.2) is 0 Å². The monoisotopic (exact) mass is 213 g/mol. The smallest absolute Gasteiger partial charge is 0.147 e. The molecule has 1 heterocycles. The maximum absolute atomic E-state index is 5.78. The second-order valence-electron chi connectivity index (χ2n) is 4.53. The lowest BCUT2D eigenvalue weighted by molar-refractivity contribution is 0.278. The second kappa shape index (κ2) is 3.89. The van der Waals surface area contributed by atoms with E-state index in [-0.39, 0.29) is 0 Å². The predicted octanol–water partition coefficient (Wildman–Crippen LogP) is 2.60. The number of alkyl halides is 1. The first-order valence-corrected chi connectivity index (χ1v) is 5.70. The van der Waals surface area contributed by atoms with Crippen molar-refractivity contribution in [3.8, 4) is 0 Å². The van der Waals surface area contributed by atoms with E-state index < -0.39 is 0 Å². The second-order valence-corrected chi connectivity index (χ2v) is 4.79. The lowest BCUT2D eigenvalue weighted by Gasteiger charge is -2.24. The minimum absolute atomic E-state index is 0.434. The fourth-order valence-electron chi connectivity index (χ4n) is 2.31. The van der Waals surface area contributed by atoms with Crippen LogP contribution in [0.4, 0.5) is 0 Å². The van der Waals surface area contributed by atoms with Crippen LogP contribution in [0.2, 0.25) is 0 Å². The van der Waals surface area contributed by atoms with Crippen LogP contribution in [0.25, 0.3) is 0 Å². The molecule has 1 saturated carbocycles. The van der Waals surface area contributed by atoms with Crippen LogP contribution in [0.1, 0.15) is 38.4 Å². The van der Waals surface area contributed by atoms with Crippen LogP contribution in [0.3, 0.4) is 0 Å². The van der Waals surface area contributed by atoms with Gasteiger partial charge in [0, 0.05) is 6.54 Å². The van der Waals surface area contributed by atoms with Crippen molar-refractivity contribution < 1.29 is 0 Å². The molecule has 0 amide bonds. The lowest BCUT2D eigenvalue weighted by atomic mass is 9.89. The Morgan fingerprint density at radius 2 is 2.21 bits per heavy atom. The zero-order valence-corrected chi connectivity index (χ0v) is 9.30. The van der Waals surface area contributed by atoms with E-state index in [1.165, 1.54) is 25.7 Å². The minimum Gasteiger partial charge on any atom is -0.316 e. The molecule has 0 aromatic carbocycles. The number of hydrogen-bond acceptors (Lipinski definition) is 2. The van der Waals surface area contributed by atoms with Gasteiger partial charge in [-0.15, -0.1) is 21.8 Å². The molecule has 1 aliphatic carbocycles. The summed E-state index contributed by atoms with van der Waals surface area (Å²) in [4.78, 5) is 0. The maximum atomic E-state index is 5.78. The summed E-state index contributed by atoms with van der Waals surface area (Å²) in [6.07, 6.45) is 7.13. The maximum Gasteiger partial charge on any atom is 0.147 e. The van der Waals surface area contributed by atoms with Crippen molar-refractivity contribution in [1.82, 2.24) is 14.8 Å². The first-order valence-electron chi connectivity index (χ1n) is 5.16. The summed E-state index contributed by atoms with van der Waals surface area (Å²) in [6, 6.07) is 0. The van der Waals surface area contributed by atoms with Crippen molar-refractivity contribution >= 4 is 11.6 Å². The molecule has 3 nitrogen and oxygen atoms in total. The molecule has 1 aliphatic rings. The van der Waals surface area contributed by atoms with Gasteiger partial charge in [0.1, 0.15) is 12.2 Å². The Bertz CT molecular complexity index is 302. The van der Waals surface area contributed by atoms with Crippen LogP contribution in [-0.4, -0.2) is 14.8 Å². The van der Waals surface area contributed by atoms with Crippen molar-refractivity contribution in [2.24, 2.45) is 5.41 Å². The van der Waals surface area contributed by atoms with Gasteiger partial charge in [-0.05, 0) is 18.3 Å². The van der Waals surface area contributed by atoms with Crippen LogP contribution in [0.15, 0.2) is 6.33 Å². The largest absolute Gasteiger partial charge is 0.316 e. The van der Waals surface area contributed by atoms with Crippen molar-refractivity contribution in [2.75, 3.05) is 0 Å². The van der Waals surface area contributed by atoms with Crippen LogP contribution < -0.4 is 0 Å². The molecular weight excluding hydrogens is 198 g/mol. The summed E-state index contributed by atoms with van der Waals surface area (Å²) >= 11 is 5.78. The van der Waals surface area contributed by atoms with E-state index in [0.717, 1.165) is 12.4 Å². The third-order valence-electron chi connectivity index (χ3n) is 3.18. The van der Waals surface area contributed by atoms with Gasteiger partial charge in [0.2, 0.25) is 0 Å². The number of hydrogen-bond donors (Lipinski definition) is 0. The fourth-order valence-corrected chi connectivity index (χ4v) is 2.52. The molecule has 14 heavy (non-hydrogen) atoms. The van der Waals surface area contributed by atoms with E-state index in [1.54, 1.807) is 6.33 Å². The molecule has 0 spiro atoms. The van der Waals surface area contributed by atoms with Crippen LogP contribution >= 0.6 is 11.6 Å². The summed E-state index contributed by atoms with van der Waals surface area (Å²) in [5, 5.41) is 7.88. The average molecular weight is 214 g/mol. The van der Waals surface area contributed by atoms with Crippen molar-refractivity contribution in [1.29, 1.82) is 0 Å². The van der Waals surface area contributed by atoms with E-state index in [4.69, 9.17) is 11.6 Å². The van der Waals surface area contributed by atoms with Gasteiger partial charge >= 0.3 is 0 Å². The Kier molecular flexibility index (Phi) is 2.77. The van der Waals surface area contributed by atoms with Crippen molar-refractivity contribution in [3.63, 3.8) is 0 Å². The van der Waals surface area contributed by atoms with Gasteiger partial charge in [-0.3, -0.25) is 0 Å². The SMILES string of the molecule is CC1(Cn2cnnc2CCl)CCCC1. The summed E-state index contributed by atoms with van der Waals surface area (Å²) in [5.41, 5.74) is 0.434. The quantitative estimate of drug-likeness (QED) is 0.723. The van der Waals surface area contributed by atoms with Crippen LogP contribution in [0.5, 0.6) is 0 Å². The van der Waals surface area contributed by atoms with Gasteiger partial charge in [0.15, 0.2) is 0 Å². The van der Waals surface area contributed by atoms with Gasteiger partial charge < -0.3 is 4.57 Å². The Morgan fingerprint density at radius 3 is 2.86 bits per heavy atom. The highest BCUT2D eigenvalue weighted by Crippen LogP contribution is 2.38. The molecule has 0 aliphatic heterocycles. The summed E-state index contributed by atoms with van der Waals surface area (Å²) in [7, 11) is 0. The molecule has 0 saturated heterocycles. The zero-order valence-electron chi connectivity index (χ0n) is 8.54. The third kappa shape index (κ3) is 1.92. The number of halogens is 1. The third-order valence-corrected chi connectivity index (χ3v) is 3.42. The first kappa shape index (κ1) is 9.97. The van der Waals surface area contributed by atoms with Crippen molar-refractivity contribution in [3.05, 3.63) is 12.2 Å². The Hall–Kier alpha value is -0.570. The number of rotatable bonds is 3. The molecule has 1 aromatic heterocycles. The molecule has 4 heteroatoms. The van der Waals surface area contributed by atoms with Gasteiger partial charge in [0.05, 0.1) is 5.88 Å². The van der Waals surface area contributed by atoms with Gasteiger partial charge in [-0.2, -0.15) is 0 Å². The van der Waals surface area contributed by atoms with Gasteiger partial charge in [0.25, 0.3) is 0 Å². The zero-order chi connectivity index (χ0) is 10.0. The highest BCUT2D eigenvalue weighted by Gasteiger charge is 2.29. The molecule has 1 fully saturated rings.